The second kappa shape index (κ2) is 5.40. The molecule has 1 aliphatic rings. The minimum Gasteiger partial charge on any atom is -0.382 e. The molecule has 1 aromatic carbocycles. The molecule has 2 aromatic heterocycles. The third kappa shape index (κ3) is 2.50. The van der Waals surface area contributed by atoms with Crippen molar-refractivity contribution < 1.29 is 13.2 Å². The molecule has 0 spiro atoms. The van der Waals surface area contributed by atoms with E-state index in [2.05, 4.69) is 14.7 Å². The van der Waals surface area contributed by atoms with Crippen molar-refractivity contribution in [3.63, 3.8) is 0 Å². The lowest BCUT2D eigenvalue weighted by Crippen LogP contribution is -2.35. The zero-order valence-corrected chi connectivity index (χ0v) is 13.9. The van der Waals surface area contributed by atoms with Crippen LogP contribution in [-0.4, -0.2) is 42.4 Å². The first-order valence-corrected chi connectivity index (χ1v) is 9.40. The molecule has 24 heavy (non-hydrogen) atoms. The molecule has 0 unspecified atom stereocenters. The molecule has 0 saturated heterocycles. The summed E-state index contributed by atoms with van der Waals surface area (Å²) in [5.74, 6) is 1.09. The van der Waals surface area contributed by atoms with Crippen molar-refractivity contribution in [2.45, 2.75) is 12.6 Å². The van der Waals surface area contributed by atoms with Gasteiger partial charge >= 0.3 is 0 Å². The van der Waals surface area contributed by atoms with Gasteiger partial charge in [0.25, 0.3) is 0 Å². The number of nitrogens with one attached hydrogen (secondary N) is 1. The maximum absolute atomic E-state index is 11.4. The Morgan fingerprint density at radius 1 is 1.38 bits per heavy atom. The Morgan fingerprint density at radius 2 is 2.17 bits per heavy atom. The van der Waals surface area contributed by atoms with Gasteiger partial charge in [-0.15, -0.1) is 0 Å². The number of benzene rings is 1. The minimum absolute atomic E-state index is 0.196. The molecule has 3 N–H and O–H groups in total. The highest BCUT2D eigenvalue weighted by Crippen LogP contribution is 2.33. The Kier molecular flexibility index (Phi) is 3.44. The number of pyridine rings is 1. The Hall–Kier alpha value is -2.23. The lowest BCUT2D eigenvalue weighted by Gasteiger charge is -2.26. The van der Waals surface area contributed by atoms with Crippen LogP contribution < -0.4 is 10.5 Å². The van der Waals surface area contributed by atoms with Crippen LogP contribution in [0, 0.1) is 0 Å². The van der Waals surface area contributed by atoms with Gasteiger partial charge in [-0.05, 0) is 6.07 Å². The van der Waals surface area contributed by atoms with E-state index in [1.165, 1.54) is 0 Å². The summed E-state index contributed by atoms with van der Waals surface area (Å²) in [6.45, 7) is 0.989. The summed E-state index contributed by atoms with van der Waals surface area (Å²) >= 11 is 0. The van der Waals surface area contributed by atoms with E-state index in [-0.39, 0.29) is 12.6 Å². The standard InChI is InChI=1S/C15H17N5O3S/c1-24(21,22)17-6-9-7-23-8-12-19-13-14(20(9)12)10-4-2-3-5-11(10)18-15(13)16/h2-5,9,17H,6-8H2,1H3,(H2,16,18)/t9-/m1/s1. The number of ether oxygens (including phenoxy) is 1. The van der Waals surface area contributed by atoms with E-state index < -0.39 is 10.0 Å². The zero-order chi connectivity index (χ0) is 16.9. The van der Waals surface area contributed by atoms with Crippen molar-refractivity contribution >= 4 is 37.8 Å². The molecule has 126 valence electrons. The van der Waals surface area contributed by atoms with Crippen LogP contribution in [0.25, 0.3) is 21.9 Å². The van der Waals surface area contributed by atoms with Crippen molar-refractivity contribution in [3.05, 3.63) is 30.1 Å². The summed E-state index contributed by atoms with van der Waals surface area (Å²) in [5, 5.41) is 0.937. The van der Waals surface area contributed by atoms with Crippen LogP contribution in [0.2, 0.25) is 0 Å². The smallest absolute Gasteiger partial charge is 0.208 e. The Morgan fingerprint density at radius 3 is 2.96 bits per heavy atom. The number of fused-ring (bicyclic) bond motifs is 5. The summed E-state index contributed by atoms with van der Waals surface area (Å²) in [5.41, 5.74) is 8.36. The Labute approximate surface area is 138 Å². The maximum atomic E-state index is 11.4. The number of nitrogens with zero attached hydrogens (tertiary/aromatic N) is 3. The van der Waals surface area contributed by atoms with Gasteiger partial charge in [0, 0.05) is 11.9 Å². The van der Waals surface area contributed by atoms with Crippen LogP contribution in [0.4, 0.5) is 5.82 Å². The van der Waals surface area contributed by atoms with Crippen molar-refractivity contribution in [3.8, 4) is 0 Å². The van der Waals surface area contributed by atoms with E-state index in [4.69, 9.17) is 10.5 Å². The van der Waals surface area contributed by atoms with E-state index in [0.29, 0.717) is 24.5 Å². The predicted molar refractivity (Wildman–Crippen MR) is 91.0 cm³/mol. The van der Waals surface area contributed by atoms with Crippen LogP contribution in [0.1, 0.15) is 11.9 Å². The molecule has 0 bridgehead atoms. The van der Waals surface area contributed by atoms with E-state index in [1.54, 1.807) is 0 Å². The minimum atomic E-state index is -3.29. The number of anilines is 1. The lowest BCUT2D eigenvalue weighted by atomic mass is 10.1. The molecule has 8 nitrogen and oxygen atoms in total. The fraction of sp³-hybridized carbons (Fsp3) is 0.333. The fourth-order valence-corrected chi connectivity index (χ4v) is 3.62. The summed E-state index contributed by atoms with van der Waals surface area (Å²) in [6.07, 6.45) is 1.14. The highest BCUT2D eigenvalue weighted by molar-refractivity contribution is 7.88. The fourth-order valence-electron chi connectivity index (χ4n) is 3.12. The molecule has 0 aliphatic carbocycles. The van der Waals surface area contributed by atoms with Crippen molar-refractivity contribution in [2.24, 2.45) is 0 Å². The van der Waals surface area contributed by atoms with Gasteiger partial charge in [0.2, 0.25) is 10.0 Å². The number of rotatable bonds is 3. The zero-order valence-electron chi connectivity index (χ0n) is 13.1. The topological polar surface area (TPSA) is 112 Å². The number of para-hydroxylation sites is 1. The number of aromatic nitrogens is 3. The largest absolute Gasteiger partial charge is 0.382 e. The molecule has 0 saturated carbocycles. The predicted octanol–water partition coefficient (Wildman–Crippen LogP) is 0.787. The molecule has 4 rings (SSSR count). The first-order valence-electron chi connectivity index (χ1n) is 7.51. The van der Waals surface area contributed by atoms with Gasteiger partial charge in [-0.25, -0.2) is 23.1 Å². The van der Waals surface area contributed by atoms with Gasteiger partial charge in [0.15, 0.2) is 5.82 Å². The highest BCUT2D eigenvalue weighted by atomic mass is 32.2. The molecule has 0 amide bonds. The lowest BCUT2D eigenvalue weighted by molar-refractivity contribution is 0.0582. The Bertz CT molecular complexity index is 1040. The van der Waals surface area contributed by atoms with Crippen molar-refractivity contribution in [1.29, 1.82) is 0 Å². The van der Waals surface area contributed by atoms with Gasteiger partial charge in [-0.2, -0.15) is 0 Å². The van der Waals surface area contributed by atoms with Crippen LogP contribution in [0.3, 0.4) is 0 Å². The van der Waals surface area contributed by atoms with Crippen LogP contribution in [0.5, 0.6) is 0 Å². The maximum Gasteiger partial charge on any atom is 0.208 e. The van der Waals surface area contributed by atoms with E-state index in [1.807, 2.05) is 28.8 Å². The molecule has 0 radical (unpaired) electrons. The third-order valence-electron chi connectivity index (χ3n) is 4.11. The Balaban J connectivity index is 1.95. The summed E-state index contributed by atoms with van der Waals surface area (Å²) < 4.78 is 33.0. The molecule has 3 aromatic rings. The molecular formula is C15H17N5O3S. The van der Waals surface area contributed by atoms with Crippen molar-refractivity contribution in [2.75, 3.05) is 25.1 Å². The first kappa shape index (κ1) is 15.3. The third-order valence-corrected chi connectivity index (χ3v) is 4.81. The number of nitrogens with two attached hydrogens (primary N) is 1. The number of hydrogen-bond acceptors (Lipinski definition) is 6. The number of nitrogen functional groups attached to an aromatic ring is 1. The van der Waals surface area contributed by atoms with E-state index >= 15 is 0 Å². The van der Waals surface area contributed by atoms with Gasteiger partial charge in [0.05, 0.1) is 29.9 Å². The molecular weight excluding hydrogens is 330 g/mol. The number of imidazole rings is 1. The van der Waals surface area contributed by atoms with Gasteiger partial charge in [0.1, 0.15) is 17.9 Å². The van der Waals surface area contributed by atoms with Crippen molar-refractivity contribution in [1.82, 2.24) is 19.3 Å². The second-order valence-electron chi connectivity index (χ2n) is 5.90. The van der Waals surface area contributed by atoms with Gasteiger partial charge in [-0.3, -0.25) is 0 Å². The number of sulfonamides is 1. The molecule has 0 fully saturated rings. The quantitative estimate of drug-likeness (QED) is 0.724. The van der Waals surface area contributed by atoms with Gasteiger partial charge < -0.3 is 15.0 Å². The highest BCUT2D eigenvalue weighted by Gasteiger charge is 2.27. The molecule has 3 heterocycles. The van der Waals surface area contributed by atoms with Crippen LogP contribution in [0.15, 0.2) is 24.3 Å². The number of hydrogen-bond donors (Lipinski definition) is 2. The van der Waals surface area contributed by atoms with Crippen LogP contribution in [-0.2, 0) is 21.4 Å². The molecule has 1 aliphatic heterocycles. The molecule has 9 heteroatoms. The monoisotopic (exact) mass is 347 g/mol. The SMILES string of the molecule is CS(=O)(=O)NC[C@@H]1COCc2nc3c(N)nc4ccccc4c3n21. The van der Waals surface area contributed by atoms with Crippen LogP contribution >= 0.6 is 0 Å². The summed E-state index contributed by atoms with van der Waals surface area (Å²) in [4.78, 5) is 8.98. The summed E-state index contributed by atoms with van der Waals surface area (Å²) in [6, 6.07) is 7.51. The van der Waals surface area contributed by atoms with Gasteiger partial charge in [-0.1, -0.05) is 18.2 Å². The first-order chi connectivity index (χ1) is 11.4. The average Bonchev–Trinajstić information content (AvgIpc) is 2.93. The molecule has 1 atom stereocenters. The van der Waals surface area contributed by atoms with E-state index in [9.17, 15) is 8.42 Å². The summed E-state index contributed by atoms with van der Waals surface area (Å²) in [7, 11) is -3.29. The second-order valence-corrected chi connectivity index (χ2v) is 7.73. The van der Waals surface area contributed by atoms with E-state index in [0.717, 1.165) is 28.5 Å². The normalized spacial score (nSPS) is 18.1. The average molecular weight is 347 g/mol.